The lowest BCUT2D eigenvalue weighted by molar-refractivity contribution is -0.136. The molecule has 0 aromatic rings. The monoisotopic (exact) mass is 340 g/mol. The van der Waals surface area contributed by atoms with Crippen molar-refractivity contribution in [3.05, 3.63) is 0 Å². The SMILES string of the molecule is N.N.O=C(CCCCC(=O)OS(=O)(=O)O)OS(=O)(=O)O. The summed E-state index contributed by atoms with van der Waals surface area (Å²) in [6, 6.07) is 0. The maximum Gasteiger partial charge on any atom is 0.448 e. The minimum Gasteiger partial charge on any atom is -0.344 e. The zero-order chi connectivity index (χ0) is 14.4. The van der Waals surface area contributed by atoms with Gasteiger partial charge in [0, 0.05) is 12.8 Å². The number of rotatable bonds is 7. The Hall–Kier alpha value is -1.32. The van der Waals surface area contributed by atoms with Crippen LogP contribution in [0.15, 0.2) is 0 Å². The van der Waals surface area contributed by atoms with Gasteiger partial charge < -0.3 is 20.7 Å². The molecule has 0 amide bonds. The van der Waals surface area contributed by atoms with Crippen LogP contribution in [0.25, 0.3) is 0 Å². The van der Waals surface area contributed by atoms with Crippen molar-refractivity contribution < 1.29 is 43.9 Å². The smallest absolute Gasteiger partial charge is 0.344 e. The van der Waals surface area contributed by atoms with E-state index in [9.17, 15) is 26.4 Å². The van der Waals surface area contributed by atoms with Gasteiger partial charge in [0.05, 0.1) is 0 Å². The molecule has 0 heterocycles. The van der Waals surface area contributed by atoms with Crippen LogP contribution >= 0.6 is 0 Å². The van der Waals surface area contributed by atoms with Crippen molar-refractivity contribution in [2.75, 3.05) is 0 Å². The number of hydrogen-bond acceptors (Lipinski definition) is 10. The van der Waals surface area contributed by atoms with Gasteiger partial charge in [-0.1, -0.05) is 0 Å². The van der Waals surface area contributed by atoms with Crippen LogP contribution in [0, 0.1) is 0 Å². The Bertz CT molecular complexity index is 462. The summed E-state index contributed by atoms with van der Waals surface area (Å²) in [4.78, 5) is 21.4. The van der Waals surface area contributed by atoms with Crippen molar-refractivity contribution in [1.82, 2.24) is 12.3 Å². The molecule has 14 heteroatoms. The third-order valence-electron chi connectivity index (χ3n) is 1.41. The Kier molecular flexibility index (Phi) is 11.4. The van der Waals surface area contributed by atoms with E-state index in [4.69, 9.17) is 9.11 Å². The fraction of sp³-hybridized carbons (Fsp3) is 0.667. The Labute approximate surface area is 115 Å². The predicted molar refractivity (Wildman–Crippen MR) is 63.8 cm³/mol. The van der Waals surface area contributed by atoms with Gasteiger partial charge in [-0.25, -0.2) is 0 Å². The zero-order valence-electron chi connectivity index (χ0n) is 10.2. The average molecular weight is 340 g/mol. The van der Waals surface area contributed by atoms with Gasteiger partial charge in [-0.3, -0.25) is 18.7 Å². The van der Waals surface area contributed by atoms with Crippen LogP contribution in [-0.2, 0) is 38.8 Å². The van der Waals surface area contributed by atoms with Crippen LogP contribution in [0.3, 0.4) is 0 Å². The van der Waals surface area contributed by atoms with Gasteiger partial charge in [0.1, 0.15) is 0 Å². The van der Waals surface area contributed by atoms with Crippen LogP contribution in [0.5, 0.6) is 0 Å². The van der Waals surface area contributed by atoms with Crippen LogP contribution in [0.2, 0.25) is 0 Å². The number of unbranched alkanes of at least 4 members (excludes halogenated alkanes) is 1. The van der Waals surface area contributed by atoms with Crippen LogP contribution < -0.4 is 12.3 Å². The highest BCUT2D eigenvalue weighted by Gasteiger charge is 2.15. The summed E-state index contributed by atoms with van der Waals surface area (Å²) in [7, 11) is -9.71. The quantitative estimate of drug-likeness (QED) is 0.341. The lowest BCUT2D eigenvalue weighted by Gasteiger charge is -2.01. The first-order valence-corrected chi connectivity index (χ1v) is 7.12. The maximum atomic E-state index is 10.7. The molecule has 0 aliphatic heterocycles. The van der Waals surface area contributed by atoms with E-state index < -0.39 is 45.6 Å². The first-order chi connectivity index (χ1) is 7.99. The molecule has 0 radical (unpaired) electrons. The molecule has 12 nitrogen and oxygen atoms in total. The van der Waals surface area contributed by atoms with Crippen LogP contribution in [0.1, 0.15) is 25.7 Å². The van der Waals surface area contributed by atoms with Gasteiger partial charge in [-0.15, -0.1) is 0 Å². The fourth-order valence-electron chi connectivity index (χ4n) is 0.857. The molecule has 0 saturated carbocycles. The van der Waals surface area contributed by atoms with Crippen LogP contribution in [0.4, 0.5) is 0 Å². The number of carbonyl (C=O) groups is 2. The lowest BCUT2D eigenvalue weighted by atomic mass is 10.2. The average Bonchev–Trinajstić information content (AvgIpc) is 2.06. The van der Waals surface area contributed by atoms with Crippen molar-refractivity contribution >= 4 is 32.7 Å². The van der Waals surface area contributed by atoms with Crippen molar-refractivity contribution in [3.8, 4) is 0 Å². The topological polar surface area (TPSA) is 231 Å². The van der Waals surface area contributed by atoms with E-state index in [1.165, 1.54) is 0 Å². The molecule has 0 aromatic carbocycles. The molecule has 0 rings (SSSR count). The Morgan fingerprint density at radius 1 is 0.750 bits per heavy atom. The van der Waals surface area contributed by atoms with Crippen molar-refractivity contribution in [2.24, 2.45) is 0 Å². The van der Waals surface area contributed by atoms with E-state index in [1.54, 1.807) is 0 Å². The van der Waals surface area contributed by atoms with Gasteiger partial charge in [-0.2, -0.15) is 16.8 Å². The summed E-state index contributed by atoms with van der Waals surface area (Å²) in [6.45, 7) is 0. The van der Waals surface area contributed by atoms with Gasteiger partial charge in [0.15, 0.2) is 0 Å². The Balaban J connectivity index is -0.00000144. The van der Waals surface area contributed by atoms with Crippen molar-refractivity contribution in [3.63, 3.8) is 0 Å². The van der Waals surface area contributed by atoms with E-state index in [0.717, 1.165) is 0 Å². The minimum absolute atomic E-state index is 0. The normalized spacial score (nSPS) is 10.7. The van der Waals surface area contributed by atoms with Gasteiger partial charge >= 0.3 is 32.7 Å². The molecule has 20 heavy (non-hydrogen) atoms. The maximum absolute atomic E-state index is 10.7. The molecule has 0 aliphatic carbocycles. The molecular formula is C6H16N2O10S2. The summed E-state index contributed by atoms with van der Waals surface area (Å²) in [6.07, 6.45) is -0.818. The summed E-state index contributed by atoms with van der Waals surface area (Å²) in [5.74, 6) is -2.44. The molecule has 0 fully saturated rings. The van der Waals surface area contributed by atoms with Gasteiger partial charge in [0.2, 0.25) is 0 Å². The zero-order valence-corrected chi connectivity index (χ0v) is 11.9. The summed E-state index contributed by atoms with van der Waals surface area (Å²) in [5.41, 5.74) is 0. The van der Waals surface area contributed by atoms with Crippen molar-refractivity contribution in [2.45, 2.75) is 25.7 Å². The first-order valence-electron chi connectivity index (χ1n) is 4.39. The second-order valence-electron chi connectivity index (χ2n) is 2.97. The lowest BCUT2D eigenvalue weighted by Crippen LogP contribution is -2.13. The molecule has 0 unspecified atom stereocenters. The van der Waals surface area contributed by atoms with Gasteiger partial charge in [-0.05, 0) is 12.8 Å². The fourth-order valence-corrected chi connectivity index (χ4v) is 1.49. The second kappa shape index (κ2) is 9.56. The minimum atomic E-state index is -4.85. The molecule has 8 N–H and O–H groups in total. The third-order valence-corrected chi connectivity index (χ3v) is 2.20. The molecule has 0 atom stereocenters. The van der Waals surface area contributed by atoms with E-state index in [-0.39, 0.29) is 25.1 Å². The largest absolute Gasteiger partial charge is 0.448 e. The van der Waals surface area contributed by atoms with E-state index in [2.05, 4.69) is 8.37 Å². The molecule has 122 valence electrons. The molecule has 0 aliphatic rings. The molecule has 0 aromatic heterocycles. The summed E-state index contributed by atoms with van der Waals surface area (Å²) in [5, 5.41) is 0. The highest BCUT2D eigenvalue weighted by molar-refractivity contribution is 7.81. The standard InChI is InChI=1S/C6H10O10S2.2H3N/c7-5(15-17(9,10)11)3-1-2-4-6(8)16-18(12,13)14;;/h1-4H2,(H,9,10,11)(H,12,13,14);2*1H3. The van der Waals surface area contributed by atoms with Crippen molar-refractivity contribution in [1.29, 1.82) is 0 Å². The predicted octanol–water partition coefficient (Wildman–Crippen LogP) is -0.437. The summed E-state index contributed by atoms with van der Waals surface area (Å²) < 4.78 is 63.7. The molecule has 0 bridgehead atoms. The number of hydrogen-bond donors (Lipinski definition) is 4. The molecule has 0 saturated heterocycles. The van der Waals surface area contributed by atoms with E-state index >= 15 is 0 Å². The Morgan fingerprint density at radius 2 is 1.00 bits per heavy atom. The van der Waals surface area contributed by atoms with E-state index in [1.807, 2.05) is 0 Å². The van der Waals surface area contributed by atoms with Crippen LogP contribution in [-0.4, -0.2) is 37.9 Å². The third kappa shape index (κ3) is 16.7. The second-order valence-corrected chi connectivity index (χ2v) is 5.02. The van der Waals surface area contributed by atoms with E-state index in [0.29, 0.717) is 0 Å². The molecular weight excluding hydrogens is 324 g/mol. The Morgan fingerprint density at radius 3 is 1.20 bits per heavy atom. The molecule has 0 spiro atoms. The van der Waals surface area contributed by atoms with Gasteiger partial charge in [0.25, 0.3) is 0 Å². The summed E-state index contributed by atoms with van der Waals surface area (Å²) >= 11 is 0. The number of carbonyl (C=O) groups excluding carboxylic acids is 2. The highest BCUT2D eigenvalue weighted by atomic mass is 32.3. The first kappa shape index (κ1) is 23.7. The highest BCUT2D eigenvalue weighted by Crippen LogP contribution is 2.05.